The normalized spacial score (nSPS) is 12.6. The Bertz CT molecular complexity index is 1090. The number of hydrogen-bond acceptors (Lipinski definition) is 4. The summed E-state index contributed by atoms with van der Waals surface area (Å²) in [6.45, 7) is 1.20. The van der Waals surface area contributed by atoms with Gasteiger partial charge in [0.05, 0.1) is 17.3 Å². The number of alkyl halides is 3. The lowest BCUT2D eigenvalue weighted by Gasteiger charge is -2.26. The van der Waals surface area contributed by atoms with Crippen LogP contribution in [0.2, 0.25) is 5.02 Å². The molecule has 0 fully saturated rings. The fourth-order valence-electron chi connectivity index (χ4n) is 2.82. The fourth-order valence-corrected chi connectivity index (χ4v) is 3.04. The summed E-state index contributed by atoms with van der Waals surface area (Å²) in [7, 11) is 1.51. The number of aromatic nitrogens is 4. The smallest absolute Gasteiger partial charge is 0.337 e. The Kier molecular flexibility index (Phi) is 5.97. The first kappa shape index (κ1) is 21.6. The van der Waals surface area contributed by atoms with Crippen LogP contribution in [0.4, 0.5) is 13.2 Å². The van der Waals surface area contributed by atoms with E-state index in [0.29, 0.717) is 16.8 Å². The molecular formula is C19H17ClF3N5O2. The average molecular weight is 440 g/mol. The number of benzene rings is 1. The van der Waals surface area contributed by atoms with E-state index in [9.17, 15) is 22.8 Å². The van der Waals surface area contributed by atoms with Gasteiger partial charge in [-0.1, -0.05) is 23.7 Å². The Hall–Kier alpha value is -3.14. The first-order chi connectivity index (χ1) is 14.1. The summed E-state index contributed by atoms with van der Waals surface area (Å²) in [5.41, 5.74) is -0.387. The van der Waals surface area contributed by atoms with Gasteiger partial charge in [-0.25, -0.2) is 9.67 Å². The van der Waals surface area contributed by atoms with Gasteiger partial charge in [-0.3, -0.25) is 9.59 Å². The minimum Gasteiger partial charge on any atom is -0.337 e. The molecule has 1 atom stereocenters. The van der Waals surface area contributed by atoms with Crippen LogP contribution in [0.1, 0.15) is 24.1 Å². The summed E-state index contributed by atoms with van der Waals surface area (Å²) in [6.07, 6.45) is -1.14. The standard InChI is InChI=1S/C19H17ClF3N5O2/c1-12(13-3-5-15(6-4-13)28-11-24-10-25-28)26(2)17(29)9-27-8-14(19(21,22)23)7-16(20)18(27)30/h3-8,10-12H,9H2,1-2H3/t12-/m1/s1. The molecule has 3 aromatic rings. The third-order valence-corrected chi connectivity index (χ3v) is 4.98. The highest BCUT2D eigenvalue weighted by molar-refractivity contribution is 6.30. The third kappa shape index (κ3) is 4.54. The van der Waals surface area contributed by atoms with Crippen molar-refractivity contribution in [3.05, 3.63) is 75.7 Å². The monoisotopic (exact) mass is 439 g/mol. The summed E-state index contributed by atoms with van der Waals surface area (Å²) in [5.74, 6) is -0.541. The molecule has 11 heteroatoms. The van der Waals surface area contributed by atoms with E-state index in [4.69, 9.17) is 11.6 Å². The van der Waals surface area contributed by atoms with Crippen molar-refractivity contribution in [2.24, 2.45) is 0 Å². The van der Waals surface area contributed by atoms with Gasteiger partial charge in [-0.05, 0) is 30.7 Å². The van der Waals surface area contributed by atoms with E-state index in [-0.39, 0.29) is 6.04 Å². The van der Waals surface area contributed by atoms with Gasteiger partial charge in [0.1, 0.15) is 24.2 Å². The summed E-state index contributed by atoms with van der Waals surface area (Å²) < 4.78 is 41.2. The van der Waals surface area contributed by atoms with Gasteiger partial charge in [-0.15, -0.1) is 0 Å². The molecule has 158 valence electrons. The van der Waals surface area contributed by atoms with Gasteiger partial charge >= 0.3 is 6.18 Å². The zero-order valence-corrected chi connectivity index (χ0v) is 16.7. The van der Waals surface area contributed by atoms with Crippen molar-refractivity contribution in [2.45, 2.75) is 25.7 Å². The van der Waals surface area contributed by atoms with Crippen LogP contribution in [-0.2, 0) is 17.5 Å². The molecule has 2 heterocycles. The minimum absolute atomic E-state index is 0.390. The van der Waals surface area contributed by atoms with Crippen molar-refractivity contribution in [1.29, 1.82) is 0 Å². The van der Waals surface area contributed by atoms with Gasteiger partial charge in [0.15, 0.2) is 0 Å². The molecule has 0 unspecified atom stereocenters. The molecule has 2 aromatic heterocycles. The second kappa shape index (κ2) is 8.31. The van der Waals surface area contributed by atoms with Crippen molar-refractivity contribution in [3.8, 4) is 5.69 Å². The van der Waals surface area contributed by atoms with Crippen LogP contribution in [0.15, 0.2) is 54.0 Å². The molecule has 30 heavy (non-hydrogen) atoms. The number of pyridine rings is 1. The molecule has 1 aromatic carbocycles. The largest absolute Gasteiger partial charge is 0.417 e. The second-order valence-corrected chi connectivity index (χ2v) is 7.03. The lowest BCUT2D eigenvalue weighted by Crippen LogP contribution is -2.36. The zero-order valence-electron chi connectivity index (χ0n) is 16.0. The molecule has 0 N–H and O–H groups in total. The topological polar surface area (TPSA) is 73.0 Å². The van der Waals surface area contributed by atoms with E-state index in [0.717, 1.165) is 11.3 Å². The van der Waals surface area contributed by atoms with Gasteiger partial charge in [0.25, 0.3) is 5.56 Å². The van der Waals surface area contributed by atoms with Crippen LogP contribution in [0.25, 0.3) is 5.69 Å². The van der Waals surface area contributed by atoms with Crippen molar-refractivity contribution < 1.29 is 18.0 Å². The van der Waals surface area contributed by atoms with Crippen LogP contribution >= 0.6 is 11.6 Å². The van der Waals surface area contributed by atoms with Crippen molar-refractivity contribution in [3.63, 3.8) is 0 Å². The van der Waals surface area contributed by atoms with Gasteiger partial charge in [0, 0.05) is 13.2 Å². The highest BCUT2D eigenvalue weighted by atomic mass is 35.5. The van der Waals surface area contributed by atoms with Crippen molar-refractivity contribution >= 4 is 17.5 Å². The van der Waals surface area contributed by atoms with E-state index in [1.165, 1.54) is 18.3 Å². The SMILES string of the molecule is C[C@H](c1ccc(-n2cncn2)cc1)N(C)C(=O)Cn1cc(C(F)(F)F)cc(Cl)c1=O. The molecule has 0 saturated heterocycles. The minimum atomic E-state index is -4.69. The molecule has 0 aliphatic rings. The second-order valence-electron chi connectivity index (χ2n) is 6.62. The summed E-state index contributed by atoms with van der Waals surface area (Å²) >= 11 is 5.63. The van der Waals surface area contributed by atoms with E-state index < -0.39 is 34.8 Å². The molecule has 1 amide bonds. The van der Waals surface area contributed by atoms with Crippen LogP contribution in [-0.4, -0.2) is 37.2 Å². The zero-order chi connectivity index (χ0) is 22.1. The quantitative estimate of drug-likeness (QED) is 0.611. The number of hydrogen-bond donors (Lipinski definition) is 0. The molecule has 3 rings (SSSR count). The molecule has 0 aliphatic carbocycles. The Labute approximate surface area is 174 Å². The Balaban J connectivity index is 1.77. The predicted molar refractivity (Wildman–Crippen MR) is 103 cm³/mol. The summed E-state index contributed by atoms with van der Waals surface area (Å²) in [5, 5.41) is 3.43. The van der Waals surface area contributed by atoms with E-state index >= 15 is 0 Å². The maximum absolute atomic E-state index is 13.0. The molecule has 0 radical (unpaired) electrons. The maximum Gasteiger partial charge on any atom is 0.417 e. The molecule has 0 aliphatic heterocycles. The summed E-state index contributed by atoms with van der Waals surface area (Å²) in [6, 6.07) is 7.37. The van der Waals surface area contributed by atoms with Gasteiger partial charge in [-0.2, -0.15) is 18.3 Å². The number of carbonyl (C=O) groups is 1. The molecule has 0 bridgehead atoms. The van der Waals surface area contributed by atoms with Crippen LogP contribution in [0.5, 0.6) is 0 Å². The predicted octanol–water partition coefficient (Wildman–Crippen LogP) is 3.32. The Morgan fingerprint density at radius 2 is 1.93 bits per heavy atom. The molecular weight excluding hydrogens is 423 g/mol. The van der Waals surface area contributed by atoms with Crippen molar-refractivity contribution in [1.82, 2.24) is 24.2 Å². The molecule has 0 spiro atoms. The average Bonchev–Trinajstić information content (AvgIpc) is 3.24. The van der Waals surface area contributed by atoms with Crippen LogP contribution in [0.3, 0.4) is 0 Å². The number of amides is 1. The number of rotatable bonds is 5. The van der Waals surface area contributed by atoms with E-state index in [1.807, 2.05) is 0 Å². The third-order valence-electron chi connectivity index (χ3n) is 4.71. The highest BCUT2D eigenvalue weighted by Gasteiger charge is 2.32. The first-order valence-electron chi connectivity index (χ1n) is 8.75. The summed E-state index contributed by atoms with van der Waals surface area (Å²) in [4.78, 5) is 29.9. The van der Waals surface area contributed by atoms with Crippen molar-refractivity contribution in [2.75, 3.05) is 7.05 Å². The molecule has 7 nitrogen and oxygen atoms in total. The van der Waals surface area contributed by atoms with E-state index in [1.54, 1.807) is 42.2 Å². The molecule has 0 saturated carbocycles. The lowest BCUT2D eigenvalue weighted by molar-refractivity contribution is -0.138. The first-order valence-corrected chi connectivity index (χ1v) is 9.13. The number of halogens is 4. The van der Waals surface area contributed by atoms with Crippen LogP contribution < -0.4 is 5.56 Å². The van der Waals surface area contributed by atoms with Gasteiger partial charge < -0.3 is 9.47 Å². The number of nitrogens with zero attached hydrogens (tertiary/aromatic N) is 5. The lowest BCUT2D eigenvalue weighted by atomic mass is 10.1. The van der Waals surface area contributed by atoms with Crippen LogP contribution in [0, 0.1) is 0 Å². The Morgan fingerprint density at radius 1 is 1.27 bits per heavy atom. The van der Waals surface area contributed by atoms with E-state index in [2.05, 4.69) is 10.1 Å². The number of likely N-dealkylation sites (N-methyl/N-ethyl adjacent to an activating group) is 1. The van der Waals surface area contributed by atoms with Gasteiger partial charge in [0.2, 0.25) is 5.91 Å². The fraction of sp³-hybridized carbons (Fsp3) is 0.263. The maximum atomic E-state index is 13.0. The Morgan fingerprint density at radius 3 is 2.50 bits per heavy atom. The highest BCUT2D eigenvalue weighted by Crippen LogP contribution is 2.29. The number of carbonyl (C=O) groups excluding carboxylic acids is 1.